The largest absolute Gasteiger partial charge is 0.336 e. The van der Waals surface area contributed by atoms with Gasteiger partial charge in [0.2, 0.25) is 0 Å². The lowest BCUT2D eigenvalue weighted by Gasteiger charge is -2.23. The standard InChI is InChI=1S/C13H17IN2/c1-10-13(14)7-12(8-15)16(10)9-11-5-3-2-4-6-11/h7,11H,2-6,9H2,1H3. The number of hydrogen-bond acceptors (Lipinski definition) is 1. The van der Waals surface area contributed by atoms with E-state index in [1.54, 1.807) is 0 Å². The average Bonchev–Trinajstić information content (AvgIpc) is 2.58. The number of hydrogen-bond donors (Lipinski definition) is 0. The maximum atomic E-state index is 9.11. The Morgan fingerprint density at radius 1 is 1.44 bits per heavy atom. The summed E-state index contributed by atoms with van der Waals surface area (Å²) in [4.78, 5) is 0. The van der Waals surface area contributed by atoms with Gasteiger partial charge >= 0.3 is 0 Å². The molecule has 1 aliphatic rings. The van der Waals surface area contributed by atoms with Crippen LogP contribution in [0, 0.1) is 27.7 Å². The van der Waals surface area contributed by atoms with Crippen LogP contribution in [0.4, 0.5) is 0 Å². The third-order valence-electron chi connectivity index (χ3n) is 3.58. The molecule has 1 aliphatic carbocycles. The zero-order valence-corrected chi connectivity index (χ0v) is 11.8. The van der Waals surface area contributed by atoms with Gasteiger partial charge in [0, 0.05) is 15.8 Å². The summed E-state index contributed by atoms with van der Waals surface area (Å²) in [7, 11) is 0. The summed E-state index contributed by atoms with van der Waals surface area (Å²) in [6.45, 7) is 3.16. The summed E-state index contributed by atoms with van der Waals surface area (Å²) in [5, 5.41) is 9.11. The highest BCUT2D eigenvalue weighted by atomic mass is 127. The molecule has 0 amide bonds. The number of nitrogens with zero attached hydrogens (tertiary/aromatic N) is 2. The van der Waals surface area contributed by atoms with Gasteiger partial charge < -0.3 is 4.57 Å². The van der Waals surface area contributed by atoms with Crippen LogP contribution in [0.25, 0.3) is 0 Å². The predicted octanol–water partition coefficient (Wildman–Crippen LogP) is 3.85. The maximum Gasteiger partial charge on any atom is 0.121 e. The Bertz CT molecular complexity index is 408. The summed E-state index contributed by atoms with van der Waals surface area (Å²) in [6, 6.07) is 4.30. The molecule has 1 heterocycles. The normalized spacial score (nSPS) is 17.3. The van der Waals surface area contributed by atoms with Gasteiger partial charge in [0.15, 0.2) is 0 Å². The molecule has 0 N–H and O–H groups in total. The summed E-state index contributed by atoms with van der Waals surface area (Å²) in [5.41, 5.74) is 2.08. The molecule has 86 valence electrons. The van der Waals surface area contributed by atoms with Crippen LogP contribution < -0.4 is 0 Å². The number of aromatic nitrogens is 1. The first-order valence-electron chi connectivity index (χ1n) is 5.98. The lowest BCUT2D eigenvalue weighted by atomic mass is 9.89. The smallest absolute Gasteiger partial charge is 0.121 e. The molecule has 2 rings (SSSR count). The third-order valence-corrected chi connectivity index (χ3v) is 4.68. The van der Waals surface area contributed by atoms with Crippen molar-refractivity contribution in [3.05, 3.63) is 21.0 Å². The molecule has 0 aromatic carbocycles. The van der Waals surface area contributed by atoms with Crippen molar-refractivity contribution < 1.29 is 0 Å². The van der Waals surface area contributed by atoms with E-state index >= 15 is 0 Å². The number of halogens is 1. The van der Waals surface area contributed by atoms with E-state index in [1.807, 2.05) is 6.07 Å². The van der Waals surface area contributed by atoms with Crippen LogP contribution in [0.15, 0.2) is 6.07 Å². The fourth-order valence-corrected chi connectivity index (χ4v) is 3.15. The molecule has 1 fully saturated rings. The van der Waals surface area contributed by atoms with Crippen molar-refractivity contribution in [3.63, 3.8) is 0 Å². The Morgan fingerprint density at radius 3 is 2.75 bits per heavy atom. The molecule has 1 saturated carbocycles. The SMILES string of the molecule is Cc1c(I)cc(C#N)n1CC1CCCCC1. The van der Waals surface area contributed by atoms with E-state index in [2.05, 4.69) is 40.2 Å². The minimum Gasteiger partial charge on any atom is -0.336 e. The Hall–Kier alpha value is -0.500. The molecular formula is C13H17IN2. The lowest BCUT2D eigenvalue weighted by molar-refractivity contribution is 0.317. The summed E-state index contributed by atoms with van der Waals surface area (Å²) >= 11 is 2.32. The Morgan fingerprint density at radius 2 is 2.12 bits per heavy atom. The van der Waals surface area contributed by atoms with E-state index in [-0.39, 0.29) is 0 Å². The molecule has 0 aliphatic heterocycles. The van der Waals surface area contributed by atoms with Gasteiger partial charge in [-0.3, -0.25) is 0 Å². The number of rotatable bonds is 2. The zero-order valence-electron chi connectivity index (χ0n) is 9.67. The summed E-state index contributed by atoms with van der Waals surface area (Å²) in [5.74, 6) is 0.780. The minimum absolute atomic E-state index is 0.780. The predicted molar refractivity (Wildman–Crippen MR) is 73.2 cm³/mol. The fourth-order valence-electron chi connectivity index (χ4n) is 2.57. The maximum absolute atomic E-state index is 9.11. The first-order chi connectivity index (χ1) is 7.72. The highest BCUT2D eigenvalue weighted by Gasteiger charge is 2.17. The van der Waals surface area contributed by atoms with Crippen molar-refractivity contribution >= 4 is 22.6 Å². The van der Waals surface area contributed by atoms with Crippen molar-refractivity contribution in [3.8, 4) is 6.07 Å². The lowest BCUT2D eigenvalue weighted by Crippen LogP contribution is -2.16. The van der Waals surface area contributed by atoms with E-state index in [4.69, 9.17) is 5.26 Å². The molecule has 0 atom stereocenters. The van der Waals surface area contributed by atoms with Crippen molar-refractivity contribution in [1.29, 1.82) is 5.26 Å². The van der Waals surface area contributed by atoms with Gasteiger partial charge in [0.05, 0.1) is 0 Å². The van der Waals surface area contributed by atoms with Crippen molar-refractivity contribution in [2.24, 2.45) is 5.92 Å². The van der Waals surface area contributed by atoms with Crippen molar-refractivity contribution in [1.82, 2.24) is 4.57 Å². The third kappa shape index (κ3) is 2.42. The first-order valence-corrected chi connectivity index (χ1v) is 7.06. The Kier molecular flexibility index (Phi) is 3.91. The van der Waals surface area contributed by atoms with Crippen LogP contribution >= 0.6 is 22.6 Å². The molecule has 1 aromatic rings. The molecule has 0 spiro atoms. The second kappa shape index (κ2) is 5.22. The van der Waals surface area contributed by atoms with Gasteiger partial charge in [0.25, 0.3) is 0 Å². The van der Waals surface area contributed by atoms with Crippen LogP contribution in [-0.4, -0.2) is 4.57 Å². The van der Waals surface area contributed by atoms with Crippen molar-refractivity contribution in [2.75, 3.05) is 0 Å². The second-order valence-corrected chi connectivity index (χ2v) is 5.85. The first kappa shape index (κ1) is 12.0. The Labute approximate surface area is 111 Å². The van der Waals surface area contributed by atoms with E-state index in [0.29, 0.717) is 0 Å². The summed E-state index contributed by atoms with van der Waals surface area (Å²) < 4.78 is 3.42. The molecule has 0 radical (unpaired) electrons. The second-order valence-electron chi connectivity index (χ2n) is 4.69. The van der Waals surface area contributed by atoms with Crippen molar-refractivity contribution in [2.45, 2.75) is 45.6 Å². The molecule has 16 heavy (non-hydrogen) atoms. The van der Waals surface area contributed by atoms with Gasteiger partial charge in [-0.05, 0) is 54.3 Å². The molecule has 1 aromatic heterocycles. The van der Waals surface area contributed by atoms with Gasteiger partial charge in [-0.25, -0.2) is 0 Å². The van der Waals surface area contributed by atoms with E-state index in [1.165, 1.54) is 41.4 Å². The molecular weight excluding hydrogens is 311 g/mol. The highest BCUT2D eigenvalue weighted by Crippen LogP contribution is 2.27. The zero-order chi connectivity index (χ0) is 11.5. The monoisotopic (exact) mass is 328 g/mol. The Balaban J connectivity index is 2.16. The van der Waals surface area contributed by atoms with Gasteiger partial charge in [-0.15, -0.1) is 0 Å². The quantitative estimate of drug-likeness (QED) is 0.758. The molecule has 2 nitrogen and oxygen atoms in total. The highest BCUT2D eigenvalue weighted by molar-refractivity contribution is 14.1. The fraction of sp³-hybridized carbons (Fsp3) is 0.615. The van der Waals surface area contributed by atoms with Crippen LogP contribution in [0.1, 0.15) is 43.5 Å². The van der Waals surface area contributed by atoms with E-state index in [0.717, 1.165) is 18.2 Å². The van der Waals surface area contributed by atoms with Crippen LogP contribution in [-0.2, 0) is 6.54 Å². The number of nitriles is 1. The van der Waals surface area contributed by atoms with E-state index in [9.17, 15) is 0 Å². The van der Waals surface area contributed by atoms with Crippen LogP contribution in [0.5, 0.6) is 0 Å². The van der Waals surface area contributed by atoms with Crippen LogP contribution in [0.2, 0.25) is 0 Å². The van der Waals surface area contributed by atoms with Crippen LogP contribution in [0.3, 0.4) is 0 Å². The minimum atomic E-state index is 0.780. The molecule has 0 unspecified atom stereocenters. The average molecular weight is 328 g/mol. The van der Waals surface area contributed by atoms with Gasteiger partial charge in [-0.2, -0.15) is 5.26 Å². The van der Waals surface area contributed by atoms with Gasteiger partial charge in [-0.1, -0.05) is 19.3 Å². The topological polar surface area (TPSA) is 28.7 Å². The van der Waals surface area contributed by atoms with E-state index < -0.39 is 0 Å². The molecule has 0 saturated heterocycles. The molecule has 0 bridgehead atoms. The van der Waals surface area contributed by atoms with Gasteiger partial charge in [0.1, 0.15) is 11.8 Å². The summed E-state index contributed by atoms with van der Waals surface area (Å²) in [6.07, 6.45) is 6.79. The molecule has 3 heteroatoms.